The average Bonchev–Trinajstić information content (AvgIpc) is 2.39. The third-order valence-corrected chi connectivity index (χ3v) is 3.56. The van der Waals surface area contributed by atoms with Crippen LogP contribution in [0.5, 0.6) is 5.75 Å². The molecule has 0 aliphatic heterocycles. The second kappa shape index (κ2) is 6.49. The SMILES string of the molecule is Cc1ccc(OC(c2ccc(Cl)cc2)C(C)N)c(Cl)c1. The molecule has 0 spiro atoms. The molecule has 0 radical (unpaired) electrons. The van der Waals surface area contributed by atoms with Gasteiger partial charge in [-0.05, 0) is 49.2 Å². The highest BCUT2D eigenvalue weighted by Gasteiger charge is 2.19. The van der Waals surface area contributed by atoms with Crippen molar-refractivity contribution in [3.8, 4) is 5.75 Å². The number of nitrogens with two attached hydrogens (primary N) is 1. The standard InChI is InChI=1S/C16H17Cl2NO/c1-10-3-8-15(14(18)9-10)20-16(11(2)19)12-4-6-13(17)7-5-12/h3-9,11,16H,19H2,1-2H3. The maximum absolute atomic E-state index is 6.20. The largest absolute Gasteiger partial charge is 0.483 e. The summed E-state index contributed by atoms with van der Waals surface area (Å²) in [4.78, 5) is 0. The second-order valence-corrected chi connectivity index (χ2v) is 5.73. The minimum Gasteiger partial charge on any atom is -0.483 e. The lowest BCUT2D eigenvalue weighted by atomic mass is 10.0. The Morgan fingerprint density at radius 3 is 2.25 bits per heavy atom. The molecule has 2 unspecified atom stereocenters. The van der Waals surface area contributed by atoms with E-state index in [1.807, 2.05) is 56.3 Å². The van der Waals surface area contributed by atoms with Crippen molar-refractivity contribution in [2.45, 2.75) is 26.0 Å². The summed E-state index contributed by atoms with van der Waals surface area (Å²) in [6.45, 7) is 3.89. The first-order valence-corrected chi connectivity index (χ1v) is 7.17. The average molecular weight is 310 g/mol. The molecule has 2 rings (SSSR count). The molecule has 0 bridgehead atoms. The Labute approximate surface area is 129 Å². The fraction of sp³-hybridized carbons (Fsp3) is 0.250. The van der Waals surface area contributed by atoms with Crippen LogP contribution in [0.3, 0.4) is 0 Å². The Morgan fingerprint density at radius 1 is 1.05 bits per heavy atom. The Bertz CT molecular complexity index is 582. The van der Waals surface area contributed by atoms with Crippen LogP contribution in [-0.2, 0) is 0 Å². The smallest absolute Gasteiger partial charge is 0.139 e. The molecule has 2 aromatic carbocycles. The van der Waals surface area contributed by atoms with Gasteiger partial charge in [-0.3, -0.25) is 0 Å². The van der Waals surface area contributed by atoms with Crippen LogP contribution in [0.1, 0.15) is 24.2 Å². The van der Waals surface area contributed by atoms with Gasteiger partial charge >= 0.3 is 0 Å². The summed E-state index contributed by atoms with van der Waals surface area (Å²) in [6, 6.07) is 13.0. The highest BCUT2D eigenvalue weighted by Crippen LogP contribution is 2.31. The normalized spacial score (nSPS) is 13.8. The van der Waals surface area contributed by atoms with Crippen LogP contribution in [-0.4, -0.2) is 6.04 Å². The van der Waals surface area contributed by atoms with E-state index in [9.17, 15) is 0 Å². The van der Waals surface area contributed by atoms with Crippen molar-refractivity contribution in [2.24, 2.45) is 5.73 Å². The Morgan fingerprint density at radius 2 is 1.70 bits per heavy atom. The summed E-state index contributed by atoms with van der Waals surface area (Å²) in [6.07, 6.45) is -0.271. The molecule has 4 heteroatoms. The summed E-state index contributed by atoms with van der Waals surface area (Å²) in [5.41, 5.74) is 8.10. The number of halogens is 2. The first-order chi connectivity index (χ1) is 9.47. The van der Waals surface area contributed by atoms with Gasteiger partial charge in [0.1, 0.15) is 11.9 Å². The molecule has 0 fully saturated rings. The first-order valence-electron chi connectivity index (χ1n) is 6.41. The monoisotopic (exact) mass is 309 g/mol. The van der Waals surface area contributed by atoms with E-state index in [0.29, 0.717) is 15.8 Å². The highest BCUT2D eigenvalue weighted by molar-refractivity contribution is 6.32. The highest BCUT2D eigenvalue weighted by atomic mass is 35.5. The molecule has 0 aliphatic carbocycles. The molecule has 0 saturated carbocycles. The molecule has 20 heavy (non-hydrogen) atoms. The zero-order valence-electron chi connectivity index (χ0n) is 11.4. The van der Waals surface area contributed by atoms with Crippen molar-refractivity contribution >= 4 is 23.2 Å². The molecular formula is C16H17Cl2NO. The topological polar surface area (TPSA) is 35.2 Å². The van der Waals surface area contributed by atoms with Crippen molar-refractivity contribution in [1.29, 1.82) is 0 Å². The van der Waals surface area contributed by atoms with Gasteiger partial charge in [0.2, 0.25) is 0 Å². The summed E-state index contributed by atoms with van der Waals surface area (Å²) < 4.78 is 5.99. The van der Waals surface area contributed by atoms with E-state index in [4.69, 9.17) is 33.7 Å². The second-order valence-electron chi connectivity index (χ2n) is 4.88. The van der Waals surface area contributed by atoms with Crippen LogP contribution in [0.2, 0.25) is 10.0 Å². The molecular weight excluding hydrogens is 293 g/mol. The van der Waals surface area contributed by atoms with Crippen molar-refractivity contribution in [3.05, 3.63) is 63.6 Å². The first kappa shape index (κ1) is 15.2. The molecule has 0 heterocycles. The summed E-state index contributed by atoms with van der Waals surface area (Å²) in [7, 11) is 0. The van der Waals surface area contributed by atoms with Gasteiger partial charge in [0.05, 0.1) is 5.02 Å². The Kier molecular flexibility index (Phi) is 4.92. The molecule has 0 aliphatic rings. The van der Waals surface area contributed by atoms with Crippen molar-refractivity contribution in [1.82, 2.24) is 0 Å². The zero-order valence-corrected chi connectivity index (χ0v) is 12.9. The lowest BCUT2D eigenvalue weighted by Crippen LogP contribution is -2.29. The molecule has 2 nitrogen and oxygen atoms in total. The minimum atomic E-state index is -0.271. The van der Waals surface area contributed by atoms with Crippen LogP contribution in [0, 0.1) is 6.92 Å². The van der Waals surface area contributed by atoms with E-state index in [1.54, 1.807) is 0 Å². The molecule has 0 amide bonds. The predicted molar refractivity (Wildman–Crippen MR) is 84.7 cm³/mol. The summed E-state index contributed by atoms with van der Waals surface area (Å²) in [5.74, 6) is 0.634. The Balaban J connectivity index is 2.28. The van der Waals surface area contributed by atoms with E-state index in [1.165, 1.54) is 0 Å². The maximum atomic E-state index is 6.20. The fourth-order valence-corrected chi connectivity index (χ4v) is 2.38. The zero-order chi connectivity index (χ0) is 14.7. The number of ether oxygens (including phenoxy) is 1. The number of hydrogen-bond acceptors (Lipinski definition) is 2. The third-order valence-electron chi connectivity index (χ3n) is 3.02. The molecule has 2 atom stereocenters. The summed E-state index contributed by atoms with van der Waals surface area (Å²) in [5, 5.41) is 1.27. The minimum absolute atomic E-state index is 0.173. The van der Waals surface area contributed by atoms with Crippen molar-refractivity contribution < 1.29 is 4.74 Å². The van der Waals surface area contributed by atoms with Gasteiger partial charge in [-0.1, -0.05) is 41.4 Å². The van der Waals surface area contributed by atoms with E-state index in [-0.39, 0.29) is 12.1 Å². The quantitative estimate of drug-likeness (QED) is 0.883. The number of aryl methyl sites for hydroxylation is 1. The van der Waals surface area contributed by atoms with Crippen LogP contribution >= 0.6 is 23.2 Å². The number of benzene rings is 2. The van der Waals surface area contributed by atoms with Crippen LogP contribution in [0.4, 0.5) is 0 Å². The van der Waals surface area contributed by atoms with Gasteiger partial charge in [-0.25, -0.2) is 0 Å². The van der Waals surface area contributed by atoms with E-state index >= 15 is 0 Å². The van der Waals surface area contributed by atoms with Gasteiger partial charge in [0.25, 0.3) is 0 Å². The van der Waals surface area contributed by atoms with Gasteiger partial charge in [-0.15, -0.1) is 0 Å². The molecule has 0 aromatic heterocycles. The van der Waals surface area contributed by atoms with Gasteiger partial charge in [0, 0.05) is 11.1 Å². The van der Waals surface area contributed by atoms with Gasteiger partial charge in [0.15, 0.2) is 0 Å². The number of hydrogen-bond donors (Lipinski definition) is 1. The maximum Gasteiger partial charge on any atom is 0.139 e. The van der Waals surface area contributed by atoms with Gasteiger partial charge in [-0.2, -0.15) is 0 Å². The van der Waals surface area contributed by atoms with E-state index in [2.05, 4.69) is 0 Å². The fourth-order valence-electron chi connectivity index (χ4n) is 1.97. The number of rotatable bonds is 4. The van der Waals surface area contributed by atoms with Crippen molar-refractivity contribution in [3.63, 3.8) is 0 Å². The Hall–Kier alpha value is -1.22. The molecule has 2 aromatic rings. The van der Waals surface area contributed by atoms with Crippen LogP contribution < -0.4 is 10.5 Å². The molecule has 106 valence electrons. The van der Waals surface area contributed by atoms with Crippen LogP contribution in [0.25, 0.3) is 0 Å². The third kappa shape index (κ3) is 3.66. The lowest BCUT2D eigenvalue weighted by molar-refractivity contribution is 0.180. The molecule has 2 N–H and O–H groups in total. The summed E-state index contributed by atoms with van der Waals surface area (Å²) >= 11 is 12.1. The van der Waals surface area contributed by atoms with Gasteiger partial charge < -0.3 is 10.5 Å². The van der Waals surface area contributed by atoms with Crippen molar-refractivity contribution in [2.75, 3.05) is 0 Å². The van der Waals surface area contributed by atoms with E-state index in [0.717, 1.165) is 11.1 Å². The lowest BCUT2D eigenvalue weighted by Gasteiger charge is -2.23. The predicted octanol–water partition coefficient (Wildman–Crippen LogP) is 4.77. The van der Waals surface area contributed by atoms with E-state index < -0.39 is 0 Å². The van der Waals surface area contributed by atoms with Crippen LogP contribution in [0.15, 0.2) is 42.5 Å². The molecule has 0 saturated heterocycles.